The molecule has 0 aliphatic carbocycles. The Kier molecular flexibility index (Phi) is 1.08. The molecule has 1 rings (SSSR count). The lowest BCUT2D eigenvalue weighted by Crippen LogP contribution is -1.88. The van der Waals surface area contributed by atoms with E-state index in [2.05, 4.69) is 0 Å². The van der Waals surface area contributed by atoms with Crippen LogP contribution in [0.1, 0.15) is 6.42 Å². The van der Waals surface area contributed by atoms with Crippen LogP contribution in [0.25, 0.3) is 0 Å². The highest BCUT2D eigenvalue weighted by Crippen LogP contribution is 2.11. The second-order valence-corrected chi connectivity index (χ2v) is 1.47. The molecule has 0 spiro atoms. The van der Waals surface area contributed by atoms with Crippen molar-refractivity contribution in [2.24, 2.45) is 0 Å². The van der Waals surface area contributed by atoms with Crippen molar-refractivity contribution in [3.05, 3.63) is 0 Å². The van der Waals surface area contributed by atoms with Crippen LogP contribution in [0.5, 0.6) is 0 Å². The van der Waals surface area contributed by atoms with Crippen LogP contribution in [0.4, 0.5) is 0 Å². The van der Waals surface area contributed by atoms with E-state index in [4.69, 9.17) is 9.84 Å². The molecule has 0 radical (unpaired) electrons. The first-order chi connectivity index (χ1) is 2.93. The van der Waals surface area contributed by atoms with Crippen LogP contribution in [-0.4, -0.2) is 24.4 Å². The third-order valence-electron chi connectivity index (χ3n) is 0.853. The molecule has 0 aromatic carbocycles. The first-order valence-corrected chi connectivity index (χ1v) is 2.16. The van der Waals surface area contributed by atoms with Gasteiger partial charge in [0.05, 0.1) is 12.7 Å². The van der Waals surface area contributed by atoms with Gasteiger partial charge in [0.15, 0.2) is 0 Å². The van der Waals surface area contributed by atoms with Gasteiger partial charge in [-0.3, -0.25) is 0 Å². The molecule has 0 aromatic heterocycles. The van der Waals surface area contributed by atoms with Gasteiger partial charge in [0.2, 0.25) is 0 Å². The molecule has 0 saturated carbocycles. The second kappa shape index (κ2) is 1.58. The highest BCUT2D eigenvalue weighted by Gasteiger charge is 2.20. The molecular formula is C4H8O2. The van der Waals surface area contributed by atoms with Gasteiger partial charge in [-0.15, -0.1) is 0 Å². The van der Waals surface area contributed by atoms with E-state index in [-0.39, 0.29) is 6.61 Å². The Morgan fingerprint density at radius 3 is 2.67 bits per heavy atom. The standard InChI is InChI=1S/C4H8O2/c5-2-1-4-3-6-4/h4-5H,1-3H2/t4-/m0/s1. The third-order valence-corrected chi connectivity index (χ3v) is 0.853. The summed E-state index contributed by atoms with van der Waals surface area (Å²) in [6, 6.07) is 0. The smallest absolute Gasteiger partial charge is 0.0831 e. The Morgan fingerprint density at radius 1 is 1.83 bits per heavy atom. The number of rotatable bonds is 2. The Balaban J connectivity index is 1.88. The molecule has 1 saturated heterocycles. The lowest BCUT2D eigenvalue weighted by Gasteiger charge is -1.80. The molecule has 0 amide bonds. The highest BCUT2D eigenvalue weighted by atomic mass is 16.6. The van der Waals surface area contributed by atoms with Crippen molar-refractivity contribution in [1.82, 2.24) is 0 Å². The van der Waals surface area contributed by atoms with Gasteiger partial charge in [0.25, 0.3) is 0 Å². The van der Waals surface area contributed by atoms with Crippen molar-refractivity contribution in [1.29, 1.82) is 0 Å². The van der Waals surface area contributed by atoms with Gasteiger partial charge in [-0.1, -0.05) is 0 Å². The zero-order valence-corrected chi connectivity index (χ0v) is 3.55. The van der Waals surface area contributed by atoms with Crippen molar-refractivity contribution < 1.29 is 9.84 Å². The molecule has 36 valence electrons. The largest absolute Gasteiger partial charge is 0.396 e. The van der Waals surface area contributed by atoms with Crippen LogP contribution in [0.3, 0.4) is 0 Å². The van der Waals surface area contributed by atoms with E-state index >= 15 is 0 Å². The number of hydrogen-bond acceptors (Lipinski definition) is 2. The van der Waals surface area contributed by atoms with Crippen LogP contribution in [0.15, 0.2) is 0 Å². The van der Waals surface area contributed by atoms with Crippen molar-refractivity contribution in [3.63, 3.8) is 0 Å². The molecule has 1 heterocycles. The van der Waals surface area contributed by atoms with E-state index in [1.165, 1.54) is 0 Å². The number of ether oxygens (including phenoxy) is 1. The van der Waals surface area contributed by atoms with Crippen molar-refractivity contribution in [3.8, 4) is 0 Å². The quantitative estimate of drug-likeness (QED) is 0.473. The molecule has 0 unspecified atom stereocenters. The normalized spacial score (nSPS) is 30.5. The molecule has 6 heavy (non-hydrogen) atoms. The lowest BCUT2D eigenvalue weighted by molar-refractivity contribution is 0.264. The molecule has 1 aliphatic rings. The number of epoxide rings is 1. The van der Waals surface area contributed by atoms with Gasteiger partial charge in [-0.05, 0) is 6.42 Å². The fourth-order valence-electron chi connectivity index (χ4n) is 0.379. The predicted octanol–water partition coefficient (Wildman–Crippen LogP) is -0.232. The Morgan fingerprint density at radius 2 is 2.50 bits per heavy atom. The van der Waals surface area contributed by atoms with Gasteiger partial charge in [-0.25, -0.2) is 0 Å². The summed E-state index contributed by atoms with van der Waals surface area (Å²) < 4.78 is 4.79. The summed E-state index contributed by atoms with van der Waals surface area (Å²) in [7, 11) is 0. The summed E-state index contributed by atoms with van der Waals surface area (Å²) in [4.78, 5) is 0. The summed E-state index contributed by atoms with van der Waals surface area (Å²) in [5, 5.41) is 8.20. The SMILES string of the molecule is OCC[C@H]1CO1. The average Bonchev–Trinajstić information content (AvgIpc) is 2.21. The van der Waals surface area contributed by atoms with Gasteiger partial charge in [0, 0.05) is 6.61 Å². The first-order valence-electron chi connectivity index (χ1n) is 2.16. The van der Waals surface area contributed by atoms with Crippen LogP contribution in [0.2, 0.25) is 0 Å². The molecule has 0 bridgehead atoms. The van der Waals surface area contributed by atoms with E-state index in [1.807, 2.05) is 0 Å². The topological polar surface area (TPSA) is 32.8 Å². The van der Waals surface area contributed by atoms with Crippen LogP contribution >= 0.6 is 0 Å². The number of hydrogen-bond donors (Lipinski definition) is 1. The first kappa shape index (κ1) is 4.09. The summed E-state index contributed by atoms with van der Waals surface area (Å²) in [6.45, 7) is 1.13. The Labute approximate surface area is 36.7 Å². The zero-order valence-electron chi connectivity index (χ0n) is 3.55. The van der Waals surface area contributed by atoms with Crippen LogP contribution < -0.4 is 0 Å². The van der Waals surface area contributed by atoms with E-state index in [0.29, 0.717) is 6.10 Å². The summed E-state index contributed by atoms with van der Waals surface area (Å²) >= 11 is 0. The van der Waals surface area contributed by atoms with Crippen molar-refractivity contribution in [2.45, 2.75) is 12.5 Å². The molecule has 2 heteroatoms. The van der Waals surface area contributed by atoms with Gasteiger partial charge in [0.1, 0.15) is 0 Å². The summed E-state index contributed by atoms with van der Waals surface area (Å²) in [5.41, 5.74) is 0. The van der Waals surface area contributed by atoms with Crippen molar-refractivity contribution in [2.75, 3.05) is 13.2 Å². The summed E-state index contributed by atoms with van der Waals surface area (Å²) in [6.07, 6.45) is 1.22. The molecule has 1 aliphatic heterocycles. The highest BCUT2D eigenvalue weighted by molar-refractivity contribution is 4.66. The fraction of sp³-hybridized carbons (Fsp3) is 1.00. The molecule has 1 fully saturated rings. The molecule has 2 nitrogen and oxygen atoms in total. The number of aliphatic hydroxyl groups is 1. The van der Waals surface area contributed by atoms with Gasteiger partial charge >= 0.3 is 0 Å². The summed E-state index contributed by atoms with van der Waals surface area (Å²) in [5.74, 6) is 0. The maximum atomic E-state index is 8.20. The van der Waals surface area contributed by atoms with Gasteiger partial charge in [-0.2, -0.15) is 0 Å². The minimum Gasteiger partial charge on any atom is -0.396 e. The van der Waals surface area contributed by atoms with E-state index in [0.717, 1.165) is 13.0 Å². The minimum absolute atomic E-state index is 0.269. The zero-order chi connectivity index (χ0) is 4.41. The van der Waals surface area contributed by atoms with E-state index in [1.54, 1.807) is 0 Å². The Bertz CT molecular complexity index is 40.8. The van der Waals surface area contributed by atoms with E-state index < -0.39 is 0 Å². The molecule has 1 atom stereocenters. The lowest BCUT2D eigenvalue weighted by atomic mass is 10.4. The maximum Gasteiger partial charge on any atom is 0.0831 e. The second-order valence-electron chi connectivity index (χ2n) is 1.47. The predicted molar refractivity (Wildman–Crippen MR) is 21.4 cm³/mol. The maximum absolute atomic E-state index is 8.20. The fourth-order valence-corrected chi connectivity index (χ4v) is 0.379. The third kappa shape index (κ3) is 0.954. The number of aliphatic hydroxyl groups excluding tert-OH is 1. The minimum atomic E-state index is 0.269. The molecule has 0 aromatic rings. The van der Waals surface area contributed by atoms with Crippen LogP contribution in [-0.2, 0) is 4.74 Å². The van der Waals surface area contributed by atoms with Gasteiger partial charge < -0.3 is 9.84 Å². The van der Waals surface area contributed by atoms with Crippen LogP contribution in [0, 0.1) is 0 Å². The monoisotopic (exact) mass is 88.1 g/mol. The molecular weight excluding hydrogens is 80.0 g/mol. The average molecular weight is 88.1 g/mol. The van der Waals surface area contributed by atoms with E-state index in [9.17, 15) is 0 Å². The van der Waals surface area contributed by atoms with Crippen molar-refractivity contribution >= 4 is 0 Å². The molecule has 1 N–H and O–H groups in total. The Hall–Kier alpha value is -0.0800.